The van der Waals surface area contributed by atoms with Crippen LogP contribution in [0.15, 0.2) is 48.9 Å². The molecule has 1 aromatic carbocycles. The van der Waals surface area contributed by atoms with Gasteiger partial charge in [-0.1, -0.05) is 12.1 Å². The number of anilines is 1. The molecule has 2 aliphatic rings. The molecule has 1 amide bonds. The van der Waals surface area contributed by atoms with Gasteiger partial charge in [-0.05, 0) is 55.5 Å². The van der Waals surface area contributed by atoms with E-state index in [4.69, 9.17) is 4.98 Å². The largest absolute Gasteiger partial charge is 0.352 e. The molecule has 0 saturated carbocycles. The van der Waals surface area contributed by atoms with Crippen molar-refractivity contribution in [1.29, 1.82) is 0 Å². The molecule has 1 fully saturated rings. The first kappa shape index (κ1) is 25.4. The van der Waals surface area contributed by atoms with Gasteiger partial charge in [0.1, 0.15) is 17.4 Å². The summed E-state index contributed by atoms with van der Waals surface area (Å²) in [6.07, 6.45) is 6.87. The number of piperazine rings is 1. The van der Waals surface area contributed by atoms with Crippen LogP contribution >= 0.6 is 0 Å². The highest BCUT2D eigenvalue weighted by molar-refractivity contribution is 6.09. The van der Waals surface area contributed by atoms with Crippen molar-refractivity contribution >= 4 is 22.8 Å². The Morgan fingerprint density at radius 3 is 2.62 bits per heavy atom. The summed E-state index contributed by atoms with van der Waals surface area (Å²) in [4.78, 5) is 31.7. The molecule has 8 nitrogen and oxygen atoms in total. The van der Waals surface area contributed by atoms with Crippen molar-refractivity contribution in [2.75, 3.05) is 37.6 Å². The molecule has 10 heteroatoms. The molecule has 2 aliphatic heterocycles. The van der Waals surface area contributed by atoms with E-state index in [2.05, 4.69) is 29.7 Å². The summed E-state index contributed by atoms with van der Waals surface area (Å²) in [6, 6.07) is 9.77. The van der Waals surface area contributed by atoms with Crippen LogP contribution in [-0.4, -0.2) is 63.0 Å². The Bertz CT molecular complexity index is 1480. The Morgan fingerprint density at radius 1 is 0.949 bits per heavy atom. The lowest BCUT2D eigenvalue weighted by Crippen LogP contribution is -2.47. The Hall–Kier alpha value is -3.92. The van der Waals surface area contributed by atoms with Crippen LogP contribution in [0.4, 0.5) is 14.6 Å². The van der Waals surface area contributed by atoms with E-state index in [0.717, 1.165) is 86.8 Å². The number of amides is 1. The van der Waals surface area contributed by atoms with Crippen LogP contribution in [0.2, 0.25) is 0 Å². The van der Waals surface area contributed by atoms with Gasteiger partial charge in [-0.15, -0.1) is 0 Å². The van der Waals surface area contributed by atoms with Crippen molar-refractivity contribution in [2.24, 2.45) is 0 Å². The number of rotatable bonds is 7. The highest BCUT2D eigenvalue weighted by atomic mass is 19.2. The molecular weight excluding hydrogens is 500 g/mol. The fraction of sp³-hybridized carbons (Fsp3) is 0.379. The third-order valence-electron chi connectivity index (χ3n) is 7.73. The summed E-state index contributed by atoms with van der Waals surface area (Å²) in [6.45, 7) is 5.21. The lowest BCUT2D eigenvalue weighted by Gasteiger charge is -2.35. The number of carbonyl (C=O) groups excluding carboxylic acids is 1. The molecule has 202 valence electrons. The SMILES string of the molecule is O=C(NCc1ccccn1)c1c2n(c3c(N4CCN(CCc5ccc(F)c(F)c5)CC4)ncnc13)CCCC2. The fourth-order valence-corrected chi connectivity index (χ4v) is 5.67. The minimum atomic E-state index is -0.815. The molecule has 3 aromatic heterocycles. The number of hydrogen-bond donors (Lipinski definition) is 1. The molecule has 0 atom stereocenters. The number of nitrogens with one attached hydrogen (secondary N) is 1. The van der Waals surface area contributed by atoms with Crippen molar-refractivity contribution in [3.63, 3.8) is 0 Å². The maximum atomic E-state index is 13.6. The summed E-state index contributed by atoms with van der Waals surface area (Å²) >= 11 is 0. The van der Waals surface area contributed by atoms with E-state index in [1.165, 1.54) is 12.1 Å². The molecular formula is C29H31F2N7O. The summed E-state index contributed by atoms with van der Waals surface area (Å²) in [5.41, 5.74) is 4.92. The van der Waals surface area contributed by atoms with Gasteiger partial charge in [0.05, 0.1) is 17.8 Å². The monoisotopic (exact) mass is 531 g/mol. The standard InChI is InChI=1S/C29H31F2N7O/c30-22-8-7-20(17-23(22)31)9-12-36-13-15-37(16-14-36)28-27-26(34-19-35-28)25(24-6-2-4-11-38(24)27)29(39)33-18-21-5-1-3-10-32-21/h1,3,5,7-8,10,17,19H,2,4,6,9,11-16,18H2,(H,33,39). The molecule has 4 aromatic rings. The Morgan fingerprint density at radius 2 is 1.82 bits per heavy atom. The van der Waals surface area contributed by atoms with Crippen LogP contribution in [0.25, 0.3) is 11.0 Å². The van der Waals surface area contributed by atoms with Crippen LogP contribution in [-0.2, 0) is 25.9 Å². The van der Waals surface area contributed by atoms with Crippen molar-refractivity contribution in [2.45, 2.75) is 38.8 Å². The van der Waals surface area contributed by atoms with Crippen molar-refractivity contribution in [3.05, 3.63) is 83.1 Å². The molecule has 1 N–H and O–H groups in total. The average Bonchev–Trinajstić information content (AvgIpc) is 3.32. The van der Waals surface area contributed by atoms with Crippen LogP contribution in [0, 0.1) is 11.6 Å². The second-order valence-corrected chi connectivity index (χ2v) is 10.2. The molecule has 0 radical (unpaired) electrons. The van der Waals surface area contributed by atoms with Gasteiger partial charge >= 0.3 is 0 Å². The Labute approximate surface area is 225 Å². The maximum Gasteiger partial charge on any atom is 0.255 e. The van der Waals surface area contributed by atoms with Gasteiger partial charge in [0, 0.05) is 51.2 Å². The number of nitrogens with zero attached hydrogens (tertiary/aromatic N) is 6. The van der Waals surface area contributed by atoms with E-state index < -0.39 is 11.6 Å². The maximum absolute atomic E-state index is 13.6. The Balaban J connectivity index is 1.20. The Kier molecular flexibility index (Phi) is 7.19. The zero-order valence-corrected chi connectivity index (χ0v) is 21.7. The number of aromatic nitrogens is 4. The first-order chi connectivity index (χ1) is 19.1. The van der Waals surface area contributed by atoms with E-state index in [-0.39, 0.29) is 5.91 Å². The summed E-state index contributed by atoms with van der Waals surface area (Å²) in [7, 11) is 0. The molecule has 0 aliphatic carbocycles. The number of hydrogen-bond acceptors (Lipinski definition) is 6. The highest BCUT2D eigenvalue weighted by Crippen LogP contribution is 2.34. The van der Waals surface area contributed by atoms with Crippen LogP contribution in [0.3, 0.4) is 0 Å². The minimum absolute atomic E-state index is 0.131. The minimum Gasteiger partial charge on any atom is -0.352 e. The summed E-state index contributed by atoms with van der Waals surface area (Å²) in [5, 5.41) is 3.04. The van der Waals surface area contributed by atoms with E-state index in [1.54, 1.807) is 18.6 Å². The topological polar surface area (TPSA) is 79.2 Å². The molecule has 0 spiro atoms. The third kappa shape index (κ3) is 5.21. The molecule has 1 saturated heterocycles. The lowest BCUT2D eigenvalue weighted by atomic mass is 10.1. The van der Waals surface area contributed by atoms with Crippen molar-refractivity contribution in [3.8, 4) is 0 Å². The van der Waals surface area contributed by atoms with Crippen LogP contribution < -0.4 is 10.2 Å². The van der Waals surface area contributed by atoms with E-state index in [9.17, 15) is 13.6 Å². The number of aryl methyl sites for hydroxylation is 1. The highest BCUT2D eigenvalue weighted by Gasteiger charge is 2.29. The second kappa shape index (κ2) is 11.1. The van der Waals surface area contributed by atoms with Gasteiger partial charge in [-0.25, -0.2) is 18.7 Å². The van der Waals surface area contributed by atoms with Gasteiger partial charge in [0.15, 0.2) is 17.5 Å². The first-order valence-electron chi connectivity index (χ1n) is 13.5. The quantitative estimate of drug-likeness (QED) is 0.392. The lowest BCUT2D eigenvalue weighted by molar-refractivity contribution is 0.0950. The predicted molar refractivity (Wildman–Crippen MR) is 145 cm³/mol. The van der Waals surface area contributed by atoms with Gasteiger partial charge < -0.3 is 14.8 Å². The van der Waals surface area contributed by atoms with E-state index in [1.807, 2.05) is 18.2 Å². The molecule has 6 rings (SSSR count). The van der Waals surface area contributed by atoms with Gasteiger partial charge in [0.25, 0.3) is 5.91 Å². The number of fused-ring (bicyclic) bond motifs is 3. The summed E-state index contributed by atoms with van der Waals surface area (Å²) < 4.78 is 29.1. The van der Waals surface area contributed by atoms with E-state index >= 15 is 0 Å². The average molecular weight is 532 g/mol. The smallest absolute Gasteiger partial charge is 0.255 e. The zero-order valence-electron chi connectivity index (χ0n) is 21.7. The fourth-order valence-electron chi connectivity index (χ4n) is 5.67. The predicted octanol–water partition coefficient (Wildman–Crippen LogP) is 3.74. The van der Waals surface area contributed by atoms with Crippen molar-refractivity contribution < 1.29 is 13.6 Å². The molecule has 5 heterocycles. The van der Waals surface area contributed by atoms with Gasteiger partial charge in [0.2, 0.25) is 0 Å². The van der Waals surface area contributed by atoms with Crippen LogP contribution in [0.5, 0.6) is 0 Å². The number of pyridine rings is 1. The first-order valence-corrected chi connectivity index (χ1v) is 13.5. The summed E-state index contributed by atoms with van der Waals surface area (Å²) in [5.74, 6) is -0.879. The van der Waals surface area contributed by atoms with Crippen LogP contribution in [0.1, 0.15) is 40.2 Å². The third-order valence-corrected chi connectivity index (χ3v) is 7.73. The molecule has 0 unspecified atom stereocenters. The second-order valence-electron chi connectivity index (χ2n) is 10.2. The number of benzene rings is 1. The number of carbonyl (C=O) groups is 1. The van der Waals surface area contributed by atoms with E-state index in [0.29, 0.717) is 24.0 Å². The van der Waals surface area contributed by atoms with Gasteiger partial charge in [-0.3, -0.25) is 14.7 Å². The molecule has 0 bridgehead atoms. The zero-order chi connectivity index (χ0) is 26.8. The number of halogens is 2. The van der Waals surface area contributed by atoms with Crippen molar-refractivity contribution in [1.82, 2.24) is 29.7 Å². The molecule has 39 heavy (non-hydrogen) atoms. The normalized spacial score (nSPS) is 15.9. The van der Waals surface area contributed by atoms with Gasteiger partial charge in [-0.2, -0.15) is 0 Å².